The quantitative estimate of drug-likeness (QED) is 0.617. The molecule has 5 heteroatoms. The zero-order valence-electron chi connectivity index (χ0n) is 6.41. The molecule has 0 aliphatic carbocycles. The number of ketones is 1. The number of rotatable bonds is 6. The van der Waals surface area contributed by atoms with Crippen LogP contribution in [0.1, 0.15) is 26.2 Å². The summed E-state index contributed by atoms with van der Waals surface area (Å²) in [6.45, 7) is 1.71. The summed E-state index contributed by atoms with van der Waals surface area (Å²) in [5.41, 5.74) is 0. The minimum Gasteiger partial charge on any atom is -0.297 e. The van der Waals surface area contributed by atoms with Crippen molar-refractivity contribution in [1.29, 1.82) is 0 Å². The van der Waals surface area contributed by atoms with Crippen molar-refractivity contribution >= 4 is 17.1 Å². The summed E-state index contributed by atoms with van der Waals surface area (Å²) in [5.74, 6) is -0.130. The molecule has 11 heavy (non-hydrogen) atoms. The van der Waals surface area contributed by atoms with E-state index in [0.29, 0.717) is 6.42 Å². The molecule has 0 bridgehead atoms. The molecule has 1 N–H and O–H groups in total. The van der Waals surface area contributed by atoms with E-state index in [4.69, 9.17) is 4.55 Å². The normalized spacial score (nSPS) is 12.9. The second-order valence-electron chi connectivity index (χ2n) is 2.12. The molecule has 0 aliphatic heterocycles. The van der Waals surface area contributed by atoms with Crippen LogP contribution in [0.15, 0.2) is 0 Å². The standard InChI is InChI=1S/C6H12O4S/c1-2-3-4-6(7)5-10-11(8)9/h2-5H2,1H3,(H,8,9). The molecule has 1 unspecified atom stereocenters. The van der Waals surface area contributed by atoms with Gasteiger partial charge in [0.15, 0.2) is 5.78 Å². The lowest BCUT2D eigenvalue weighted by atomic mass is 10.2. The van der Waals surface area contributed by atoms with Crippen LogP contribution in [0.2, 0.25) is 0 Å². The van der Waals surface area contributed by atoms with E-state index >= 15 is 0 Å². The van der Waals surface area contributed by atoms with Crippen molar-refractivity contribution in [3.05, 3.63) is 0 Å². The molecule has 0 fully saturated rings. The minimum absolute atomic E-state index is 0.130. The van der Waals surface area contributed by atoms with Crippen LogP contribution in [0.4, 0.5) is 0 Å². The smallest absolute Gasteiger partial charge is 0.297 e. The largest absolute Gasteiger partial charge is 0.302 e. The average molecular weight is 180 g/mol. The summed E-state index contributed by atoms with van der Waals surface area (Å²) >= 11 is -2.31. The summed E-state index contributed by atoms with van der Waals surface area (Å²) < 4.78 is 22.2. The molecule has 0 radical (unpaired) electrons. The molecule has 0 aromatic rings. The molecule has 0 heterocycles. The third-order valence-electron chi connectivity index (χ3n) is 1.13. The average Bonchev–Trinajstić information content (AvgIpc) is 1.97. The highest BCUT2D eigenvalue weighted by Crippen LogP contribution is 1.95. The van der Waals surface area contributed by atoms with E-state index in [1.54, 1.807) is 0 Å². The lowest BCUT2D eigenvalue weighted by Gasteiger charge is -1.96. The van der Waals surface area contributed by atoms with Crippen molar-refractivity contribution in [3.63, 3.8) is 0 Å². The first-order valence-electron chi connectivity index (χ1n) is 3.42. The molecule has 4 nitrogen and oxygen atoms in total. The van der Waals surface area contributed by atoms with Gasteiger partial charge in [0.2, 0.25) is 0 Å². The molecule has 0 aliphatic rings. The first-order valence-corrected chi connectivity index (χ1v) is 4.45. The van der Waals surface area contributed by atoms with Gasteiger partial charge < -0.3 is 0 Å². The van der Waals surface area contributed by atoms with Gasteiger partial charge in [-0.3, -0.25) is 13.5 Å². The number of hydrogen-bond donors (Lipinski definition) is 1. The Kier molecular flexibility index (Phi) is 6.30. The Morgan fingerprint density at radius 1 is 1.64 bits per heavy atom. The molecule has 0 rings (SSSR count). The van der Waals surface area contributed by atoms with Gasteiger partial charge in [0.05, 0.1) is 0 Å². The van der Waals surface area contributed by atoms with Gasteiger partial charge in [-0.25, -0.2) is 0 Å². The van der Waals surface area contributed by atoms with E-state index in [-0.39, 0.29) is 12.4 Å². The van der Waals surface area contributed by atoms with Crippen molar-refractivity contribution in [2.45, 2.75) is 26.2 Å². The number of carbonyl (C=O) groups is 1. The predicted molar refractivity (Wildman–Crippen MR) is 41.3 cm³/mol. The van der Waals surface area contributed by atoms with Gasteiger partial charge in [0.25, 0.3) is 0 Å². The highest BCUT2D eigenvalue weighted by atomic mass is 32.2. The van der Waals surface area contributed by atoms with E-state index in [2.05, 4.69) is 4.18 Å². The highest BCUT2D eigenvalue weighted by Gasteiger charge is 2.02. The van der Waals surface area contributed by atoms with E-state index in [0.717, 1.165) is 12.8 Å². The van der Waals surface area contributed by atoms with Crippen LogP contribution >= 0.6 is 0 Å². The van der Waals surface area contributed by atoms with Crippen molar-refractivity contribution in [1.82, 2.24) is 0 Å². The summed E-state index contributed by atoms with van der Waals surface area (Å²) in [6, 6.07) is 0. The van der Waals surface area contributed by atoms with Crippen LogP contribution in [0.5, 0.6) is 0 Å². The fourth-order valence-electron chi connectivity index (χ4n) is 0.562. The second-order valence-corrected chi connectivity index (χ2v) is 2.79. The van der Waals surface area contributed by atoms with Gasteiger partial charge in [0.1, 0.15) is 6.61 Å². The van der Waals surface area contributed by atoms with Crippen LogP contribution in [0, 0.1) is 0 Å². The predicted octanol–water partition coefficient (Wildman–Crippen LogP) is 0.899. The minimum atomic E-state index is -2.31. The summed E-state index contributed by atoms with van der Waals surface area (Å²) in [7, 11) is 0. The van der Waals surface area contributed by atoms with Crippen LogP contribution in [-0.2, 0) is 20.3 Å². The van der Waals surface area contributed by atoms with Gasteiger partial charge in [-0.1, -0.05) is 13.3 Å². The molecule has 0 saturated carbocycles. The molecule has 0 aromatic carbocycles. The molecule has 0 amide bonds. The van der Waals surface area contributed by atoms with Gasteiger partial charge >= 0.3 is 11.4 Å². The monoisotopic (exact) mass is 180 g/mol. The Bertz CT molecular complexity index is 146. The first kappa shape index (κ1) is 10.7. The first-order chi connectivity index (χ1) is 5.16. The number of unbranched alkanes of at least 4 members (excludes halogenated alkanes) is 1. The van der Waals surface area contributed by atoms with Crippen LogP contribution in [0.25, 0.3) is 0 Å². The van der Waals surface area contributed by atoms with Crippen LogP contribution in [-0.4, -0.2) is 21.2 Å². The topological polar surface area (TPSA) is 63.6 Å². The maximum atomic E-state index is 10.7. The third kappa shape index (κ3) is 7.64. The van der Waals surface area contributed by atoms with Crippen molar-refractivity contribution < 1.29 is 17.7 Å². The fraction of sp³-hybridized carbons (Fsp3) is 0.833. The van der Waals surface area contributed by atoms with Gasteiger partial charge in [-0.15, -0.1) is 0 Å². The van der Waals surface area contributed by atoms with E-state index in [1.807, 2.05) is 6.92 Å². The van der Waals surface area contributed by atoms with Crippen molar-refractivity contribution in [2.75, 3.05) is 6.61 Å². The van der Waals surface area contributed by atoms with E-state index in [1.165, 1.54) is 0 Å². The Morgan fingerprint density at radius 3 is 2.73 bits per heavy atom. The van der Waals surface area contributed by atoms with Crippen molar-refractivity contribution in [3.8, 4) is 0 Å². The Hall–Kier alpha value is -0.260. The maximum Gasteiger partial charge on any atom is 0.302 e. The maximum absolute atomic E-state index is 10.7. The Labute approximate surface area is 68.4 Å². The molecule has 0 spiro atoms. The van der Waals surface area contributed by atoms with E-state index < -0.39 is 11.4 Å². The summed E-state index contributed by atoms with van der Waals surface area (Å²) in [5, 5.41) is 0. The highest BCUT2D eigenvalue weighted by molar-refractivity contribution is 7.74. The summed E-state index contributed by atoms with van der Waals surface area (Å²) in [6.07, 6.45) is 2.17. The second kappa shape index (κ2) is 6.45. The number of Topliss-reactive ketones (excluding diaryl/α,β-unsaturated/α-hetero) is 1. The number of carbonyl (C=O) groups excluding carboxylic acids is 1. The summed E-state index contributed by atoms with van der Waals surface area (Å²) in [4.78, 5) is 10.7. The van der Waals surface area contributed by atoms with Crippen LogP contribution in [0.3, 0.4) is 0 Å². The molecular formula is C6H12O4S. The molecule has 66 valence electrons. The lowest BCUT2D eigenvalue weighted by Crippen LogP contribution is -2.09. The van der Waals surface area contributed by atoms with Crippen LogP contribution < -0.4 is 0 Å². The molecule has 0 aromatic heterocycles. The fourth-order valence-corrected chi connectivity index (χ4v) is 0.795. The van der Waals surface area contributed by atoms with Gasteiger partial charge in [-0.2, -0.15) is 4.21 Å². The lowest BCUT2D eigenvalue weighted by molar-refractivity contribution is -0.121. The third-order valence-corrected chi connectivity index (χ3v) is 1.45. The van der Waals surface area contributed by atoms with Gasteiger partial charge in [0, 0.05) is 6.42 Å². The Balaban J connectivity index is 3.30. The molecular weight excluding hydrogens is 168 g/mol. The van der Waals surface area contributed by atoms with E-state index in [9.17, 15) is 9.00 Å². The Morgan fingerprint density at radius 2 is 2.27 bits per heavy atom. The number of hydrogen-bond acceptors (Lipinski definition) is 3. The van der Waals surface area contributed by atoms with Crippen molar-refractivity contribution in [2.24, 2.45) is 0 Å². The molecule has 0 saturated heterocycles. The molecule has 1 atom stereocenters. The zero-order chi connectivity index (χ0) is 8.69. The van der Waals surface area contributed by atoms with Gasteiger partial charge in [-0.05, 0) is 6.42 Å². The SMILES string of the molecule is CCCCC(=O)COS(=O)O. The zero-order valence-corrected chi connectivity index (χ0v) is 7.23.